The van der Waals surface area contributed by atoms with Crippen LogP contribution >= 0.6 is 11.6 Å². The molecule has 2 amide bonds. The van der Waals surface area contributed by atoms with Crippen LogP contribution in [0.25, 0.3) is 0 Å². The quantitative estimate of drug-likeness (QED) is 0.538. The standard InChI is InChI=1S/C25H33ClN2O3/c1-5-19-9-13-22(14-10-19)31-17-24(29)28(16-20-7-11-21(26)12-8-20)23(6-2)25(30)27-15-18(3)4/h7-14,18,23H,5-6,15-17H2,1-4H3,(H,27,30)/t23-/m0/s1. The van der Waals surface area contributed by atoms with Crippen LogP contribution in [-0.4, -0.2) is 35.9 Å². The van der Waals surface area contributed by atoms with E-state index in [4.69, 9.17) is 16.3 Å². The molecule has 0 aliphatic heterocycles. The second-order valence-electron chi connectivity index (χ2n) is 8.00. The van der Waals surface area contributed by atoms with Crippen molar-refractivity contribution in [2.24, 2.45) is 5.92 Å². The average molecular weight is 445 g/mol. The Morgan fingerprint density at radius 3 is 2.16 bits per heavy atom. The van der Waals surface area contributed by atoms with Gasteiger partial charge in [0.15, 0.2) is 6.61 Å². The first-order valence-electron chi connectivity index (χ1n) is 10.9. The molecule has 0 heterocycles. The Balaban J connectivity index is 2.16. The van der Waals surface area contributed by atoms with E-state index in [2.05, 4.69) is 12.2 Å². The van der Waals surface area contributed by atoms with Crippen molar-refractivity contribution >= 4 is 23.4 Å². The molecule has 0 bridgehead atoms. The first kappa shape index (κ1) is 24.7. The van der Waals surface area contributed by atoms with Gasteiger partial charge in [0.05, 0.1) is 0 Å². The van der Waals surface area contributed by atoms with Gasteiger partial charge in [0.2, 0.25) is 5.91 Å². The summed E-state index contributed by atoms with van der Waals surface area (Å²) in [6.07, 6.45) is 1.45. The maximum atomic E-state index is 13.1. The minimum atomic E-state index is -0.576. The summed E-state index contributed by atoms with van der Waals surface area (Å²) in [6, 6.07) is 14.4. The molecule has 0 spiro atoms. The van der Waals surface area contributed by atoms with Crippen LogP contribution in [0.1, 0.15) is 45.2 Å². The molecule has 0 fully saturated rings. The monoisotopic (exact) mass is 444 g/mol. The van der Waals surface area contributed by atoms with Gasteiger partial charge in [-0.15, -0.1) is 0 Å². The summed E-state index contributed by atoms with van der Waals surface area (Å²) in [5.41, 5.74) is 2.11. The summed E-state index contributed by atoms with van der Waals surface area (Å²) >= 11 is 6.00. The molecule has 0 aliphatic carbocycles. The summed E-state index contributed by atoms with van der Waals surface area (Å²) in [5.74, 6) is 0.581. The van der Waals surface area contributed by atoms with Crippen LogP contribution in [0.2, 0.25) is 5.02 Å². The molecule has 6 heteroatoms. The lowest BCUT2D eigenvalue weighted by Gasteiger charge is -2.30. The topological polar surface area (TPSA) is 58.6 Å². The highest BCUT2D eigenvalue weighted by Gasteiger charge is 2.29. The van der Waals surface area contributed by atoms with Crippen LogP contribution in [0.4, 0.5) is 0 Å². The predicted octanol–water partition coefficient (Wildman–Crippen LogP) is 4.86. The predicted molar refractivity (Wildman–Crippen MR) is 125 cm³/mol. The zero-order valence-corrected chi connectivity index (χ0v) is 19.6. The molecule has 0 aliphatic rings. The fraction of sp³-hybridized carbons (Fsp3) is 0.440. The number of nitrogens with zero attached hydrogens (tertiary/aromatic N) is 1. The zero-order valence-electron chi connectivity index (χ0n) is 18.9. The molecule has 1 N–H and O–H groups in total. The molecule has 0 radical (unpaired) electrons. The fourth-order valence-electron chi connectivity index (χ4n) is 3.18. The minimum absolute atomic E-state index is 0.132. The molecule has 5 nitrogen and oxygen atoms in total. The van der Waals surface area contributed by atoms with Crippen LogP contribution in [0.5, 0.6) is 5.75 Å². The van der Waals surface area contributed by atoms with Crippen molar-refractivity contribution in [2.45, 2.75) is 53.1 Å². The summed E-state index contributed by atoms with van der Waals surface area (Å²) in [7, 11) is 0. The van der Waals surface area contributed by atoms with E-state index < -0.39 is 6.04 Å². The number of halogens is 1. The van der Waals surface area contributed by atoms with Crippen LogP contribution in [0, 0.1) is 5.92 Å². The number of carbonyl (C=O) groups excluding carboxylic acids is 2. The van der Waals surface area contributed by atoms with Crippen LogP contribution in [-0.2, 0) is 22.6 Å². The van der Waals surface area contributed by atoms with Crippen LogP contribution < -0.4 is 10.1 Å². The number of benzene rings is 2. The molecular weight excluding hydrogens is 412 g/mol. The summed E-state index contributed by atoms with van der Waals surface area (Å²) in [5, 5.41) is 3.58. The van der Waals surface area contributed by atoms with Crippen LogP contribution in [0.15, 0.2) is 48.5 Å². The Bertz CT molecular complexity index is 835. The molecule has 0 unspecified atom stereocenters. The van der Waals surface area contributed by atoms with Crippen molar-refractivity contribution in [3.8, 4) is 5.75 Å². The van der Waals surface area contributed by atoms with E-state index in [0.29, 0.717) is 36.2 Å². The maximum absolute atomic E-state index is 13.1. The number of hydrogen-bond acceptors (Lipinski definition) is 3. The SMILES string of the molecule is CCc1ccc(OCC(=O)N(Cc2ccc(Cl)cc2)[C@@H](CC)C(=O)NCC(C)C)cc1. The van der Waals surface area contributed by atoms with Crippen molar-refractivity contribution in [2.75, 3.05) is 13.2 Å². The third-order valence-electron chi connectivity index (χ3n) is 5.03. The number of ether oxygens (including phenoxy) is 1. The highest BCUT2D eigenvalue weighted by molar-refractivity contribution is 6.30. The van der Waals surface area contributed by atoms with Crippen LogP contribution in [0.3, 0.4) is 0 Å². The van der Waals surface area contributed by atoms with Crippen molar-refractivity contribution in [3.05, 3.63) is 64.7 Å². The van der Waals surface area contributed by atoms with Gasteiger partial charge in [0.25, 0.3) is 5.91 Å². The van der Waals surface area contributed by atoms with E-state index in [1.54, 1.807) is 17.0 Å². The highest BCUT2D eigenvalue weighted by Crippen LogP contribution is 2.17. The molecule has 2 aromatic rings. The molecule has 2 rings (SSSR count). The Kier molecular flexibility index (Phi) is 9.86. The highest BCUT2D eigenvalue weighted by atomic mass is 35.5. The van der Waals surface area contributed by atoms with Crippen molar-refractivity contribution in [1.29, 1.82) is 0 Å². The van der Waals surface area contributed by atoms with E-state index in [0.717, 1.165) is 12.0 Å². The third kappa shape index (κ3) is 7.91. The first-order valence-corrected chi connectivity index (χ1v) is 11.2. The normalized spacial score (nSPS) is 11.8. The summed E-state index contributed by atoms with van der Waals surface area (Å²) in [6.45, 7) is 8.81. The minimum Gasteiger partial charge on any atom is -0.484 e. The van der Waals surface area contributed by atoms with Gasteiger partial charge in [0, 0.05) is 18.1 Å². The fourth-order valence-corrected chi connectivity index (χ4v) is 3.30. The van der Waals surface area contributed by atoms with E-state index >= 15 is 0 Å². The molecule has 0 aromatic heterocycles. The Hall–Kier alpha value is -2.53. The second-order valence-corrected chi connectivity index (χ2v) is 8.43. The number of rotatable bonds is 11. The summed E-state index contributed by atoms with van der Waals surface area (Å²) < 4.78 is 5.73. The van der Waals surface area contributed by atoms with Gasteiger partial charge in [0.1, 0.15) is 11.8 Å². The van der Waals surface area contributed by atoms with E-state index in [9.17, 15) is 9.59 Å². The number of amides is 2. The van der Waals surface area contributed by atoms with Gasteiger partial charge in [-0.2, -0.15) is 0 Å². The second kappa shape index (κ2) is 12.4. The molecule has 2 aromatic carbocycles. The Morgan fingerprint density at radius 1 is 1.00 bits per heavy atom. The number of nitrogens with one attached hydrogen (secondary N) is 1. The number of hydrogen-bond donors (Lipinski definition) is 1. The lowest BCUT2D eigenvalue weighted by Crippen LogP contribution is -2.50. The molecule has 0 saturated carbocycles. The van der Waals surface area contributed by atoms with E-state index in [-0.39, 0.29) is 18.4 Å². The lowest BCUT2D eigenvalue weighted by atomic mass is 10.1. The Morgan fingerprint density at radius 2 is 1.61 bits per heavy atom. The number of aryl methyl sites for hydroxylation is 1. The van der Waals surface area contributed by atoms with Gasteiger partial charge in [-0.25, -0.2) is 0 Å². The molecule has 1 atom stereocenters. The van der Waals surface area contributed by atoms with Crippen molar-refractivity contribution in [1.82, 2.24) is 10.2 Å². The number of carbonyl (C=O) groups is 2. The maximum Gasteiger partial charge on any atom is 0.261 e. The Labute approximate surface area is 190 Å². The van der Waals surface area contributed by atoms with Gasteiger partial charge in [-0.05, 0) is 54.2 Å². The van der Waals surface area contributed by atoms with Gasteiger partial charge < -0.3 is 15.0 Å². The molecule has 31 heavy (non-hydrogen) atoms. The lowest BCUT2D eigenvalue weighted by molar-refractivity contribution is -0.143. The van der Waals surface area contributed by atoms with E-state index in [1.807, 2.05) is 57.2 Å². The first-order chi connectivity index (χ1) is 14.8. The average Bonchev–Trinajstić information content (AvgIpc) is 2.77. The molecule has 168 valence electrons. The smallest absolute Gasteiger partial charge is 0.261 e. The molecule has 0 saturated heterocycles. The van der Waals surface area contributed by atoms with Crippen molar-refractivity contribution in [3.63, 3.8) is 0 Å². The third-order valence-corrected chi connectivity index (χ3v) is 5.28. The van der Waals surface area contributed by atoms with Gasteiger partial charge in [-0.1, -0.05) is 63.6 Å². The zero-order chi connectivity index (χ0) is 22.8. The van der Waals surface area contributed by atoms with Gasteiger partial charge >= 0.3 is 0 Å². The molecular formula is C25H33ClN2O3. The largest absolute Gasteiger partial charge is 0.484 e. The summed E-state index contributed by atoms with van der Waals surface area (Å²) in [4.78, 5) is 27.6. The van der Waals surface area contributed by atoms with Gasteiger partial charge in [-0.3, -0.25) is 9.59 Å². The van der Waals surface area contributed by atoms with E-state index in [1.165, 1.54) is 5.56 Å². The van der Waals surface area contributed by atoms with Crippen molar-refractivity contribution < 1.29 is 14.3 Å².